The molecule has 0 unspecified atom stereocenters. The van der Waals surface area contributed by atoms with Crippen molar-refractivity contribution in [2.24, 2.45) is 0 Å². The van der Waals surface area contributed by atoms with Crippen LogP contribution < -0.4 is 5.32 Å². The van der Waals surface area contributed by atoms with Crippen LogP contribution in [0.25, 0.3) is 0 Å². The Morgan fingerprint density at radius 2 is 2.14 bits per heavy atom. The first-order valence-electron chi connectivity index (χ1n) is 5.66. The highest BCUT2D eigenvalue weighted by Crippen LogP contribution is 2.34. The Morgan fingerprint density at radius 1 is 1.36 bits per heavy atom. The maximum absolute atomic E-state index is 3.63. The second-order valence-electron chi connectivity index (χ2n) is 4.35. The zero-order valence-electron chi connectivity index (χ0n) is 9.09. The van der Waals surface area contributed by atoms with E-state index in [2.05, 4.69) is 43.4 Å². The molecule has 1 aromatic rings. The largest absolute Gasteiger partial charge is 0.382 e. The van der Waals surface area contributed by atoms with Crippen LogP contribution in [0.5, 0.6) is 0 Å². The fourth-order valence-corrected chi connectivity index (χ4v) is 2.43. The fraction of sp³-hybridized carbons (Fsp3) is 0.538. The van der Waals surface area contributed by atoms with Gasteiger partial charge in [0.15, 0.2) is 0 Å². The van der Waals surface area contributed by atoms with Crippen molar-refractivity contribution in [1.29, 1.82) is 0 Å². The van der Waals surface area contributed by atoms with Crippen LogP contribution in [0.4, 0.5) is 5.69 Å². The van der Waals surface area contributed by atoms with Crippen LogP contribution in [0.3, 0.4) is 0 Å². The van der Waals surface area contributed by atoms with Crippen LogP contribution in [-0.2, 0) is 0 Å². The minimum absolute atomic E-state index is 0.685. The molecule has 2 rings (SSSR count). The highest BCUT2D eigenvalue weighted by molar-refractivity contribution is 5.55. The molecule has 0 fully saturated rings. The summed E-state index contributed by atoms with van der Waals surface area (Å²) in [5, 5.41) is 3.63. The molecule has 0 radical (unpaired) electrons. The van der Waals surface area contributed by atoms with Gasteiger partial charge in [0.25, 0.3) is 0 Å². The number of para-hydroxylation sites is 1. The van der Waals surface area contributed by atoms with E-state index in [1.807, 2.05) is 0 Å². The average molecular weight is 189 g/mol. The number of hydrogen-bond acceptors (Lipinski definition) is 1. The van der Waals surface area contributed by atoms with Gasteiger partial charge in [0.1, 0.15) is 0 Å². The van der Waals surface area contributed by atoms with E-state index in [4.69, 9.17) is 0 Å². The summed E-state index contributed by atoms with van der Waals surface area (Å²) in [5.41, 5.74) is 2.84. The fourth-order valence-electron chi connectivity index (χ4n) is 2.43. The highest BCUT2D eigenvalue weighted by Gasteiger charge is 2.21. The van der Waals surface area contributed by atoms with Gasteiger partial charge >= 0.3 is 0 Å². The highest BCUT2D eigenvalue weighted by atomic mass is 14.9. The number of hydrogen-bond donors (Lipinski definition) is 1. The van der Waals surface area contributed by atoms with E-state index in [1.165, 1.54) is 30.5 Å². The van der Waals surface area contributed by atoms with Crippen LogP contribution >= 0.6 is 0 Å². The van der Waals surface area contributed by atoms with Gasteiger partial charge in [0, 0.05) is 11.7 Å². The lowest BCUT2D eigenvalue weighted by atomic mass is 9.87. The zero-order chi connectivity index (χ0) is 9.97. The molecule has 76 valence electrons. The molecule has 0 saturated carbocycles. The predicted octanol–water partition coefficient (Wildman–Crippen LogP) is 3.77. The van der Waals surface area contributed by atoms with Crippen molar-refractivity contribution in [2.75, 3.05) is 5.32 Å². The quantitative estimate of drug-likeness (QED) is 0.746. The van der Waals surface area contributed by atoms with Crippen molar-refractivity contribution >= 4 is 5.69 Å². The first-order valence-corrected chi connectivity index (χ1v) is 5.66. The molecule has 0 aromatic heterocycles. The van der Waals surface area contributed by atoms with E-state index in [-0.39, 0.29) is 0 Å². The second-order valence-corrected chi connectivity index (χ2v) is 4.35. The topological polar surface area (TPSA) is 12.0 Å². The Hall–Kier alpha value is -0.980. The molecule has 1 nitrogen and oxygen atoms in total. The van der Waals surface area contributed by atoms with Gasteiger partial charge in [0.2, 0.25) is 0 Å². The van der Waals surface area contributed by atoms with Crippen molar-refractivity contribution in [2.45, 2.75) is 45.1 Å². The molecule has 0 saturated heterocycles. The van der Waals surface area contributed by atoms with Crippen LogP contribution in [-0.4, -0.2) is 6.04 Å². The molecule has 0 aliphatic carbocycles. The van der Waals surface area contributed by atoms with Crippen LogP contribution in [0.2, 0.25) is 0 Å². The Balaban J connectivity index is 2.20. The monoisotopic (exact) mass is 189 g/mol. The van der Waals surface area contributed by atoms with E-state index in [9.17, 15) is 0 Å². The van der Waals surface area contributed by atoms with Crippen molar-refractivity contribution in [3.05, 3.63) is 29.8 Å². The van der Waals surface area contributed by atoms with Crippen molar-refractivity contribution in [3.8, 4) is 0 Å². The Morgan fingerprint density at radius 3 is 2.93 bits per heavy atom. The van der Waals surface area contributed by atoms with E-state index >= 15 is 0 Å². The SMILES string of the molecule is CCC[C@@H]1C[C@H](C)c2ccccc2N1. The molecule has 0 bridgehead atoms. The first-order chi connectivity index (χ1) is 6.81. The summed E-state index contributed by atoms with van der Waals surface area (Å²) in [6.07, 6.45) is 3.84. The maximum atomic E-state index is 3.63. The van der Waals surface area contributed by atoms with Crippen LogP contribution in [0.15, 0.2) is 24.3 Å². The summed E-state index contributed by atoms with van der Waals surface area (Å²) in [5.74, 6) is 0.712. The summed E-state index contributed by atoms with van der Waals surface area (Å²) in [7, 11) is 0. The summed E-state index contributed by atoms with van der Waals surface area (Å²) in [4.78, 5) is 0. The molecular formula is C13H19N. The van der Waals surface area contributed by atoms with Crippen LogP contribution in [0, 0.1) is 0 Å². The molecule has 0 spiro atoms. The van der Waals surface area contributed by atoms with E-state index < -0.39 is 0 Å². The number of anilines is 1. The lowest BCUT2D eigenvalue weighted by Gasteiger charge is -2.31. The molecule has 2 atom stereocenters. The van der Waals surface area contributed by atoms with Gasteiger partial charge in [-0.3, -0.25) is 0 Å². The van der Waals surface area contributed by atoms with Crippen molar-refractivity contribution < 1.29 is 0 Å². The van der Waals surface area contributed by atoms with Crippen molar-refractivity contribution in [3.63, 3.8) is 0 Å². The zero-order valence-corrected chi connectivity index (χ0v) is 9.09. The molecule has 0 amide bonds. The van der Waals surface area contributed by atoms with Gasteiger partial charge < -0.3 is 5.32 Å². The molecule has 1 heterocycles. The number of fused-ring (bicyclic) bond motifs is 1. The molecule has 1 aliphatic heterocycles. The number of benzene rings is 1. The summed E-state index contributed by atoms with van der Waals surface area (Å²) >= 11 is 0. The third kappa shape index (κ3) is 1.77. The molecule has 1 aromatic carbocycles. The van der Waals surface area contributed by atoms with Gasteiger partial charge in [-0.1, -0.05) is 38.5 Å². The van der Waals surface area contributed by atoms with Gasteiger partial charge in [-0.2, -0.15) is 0 Å². The van der Waals surface area contributed by atoms with E-state index in [1.54, 1.807) is 0 Å². The maximum Gasteiger partial charge on any atom is 0.0377 e. The molecular weight excluding hydrogens is 170 g/mol. The van der Waals surface area contributed by atoms with Crippen LogP contribution in [0.1, 0.15) is 44.6 Å². The molecule has 1 heteroatoms. The molecule has 1 aliphatic rings. The minimum Gasteiger partial charge on any atom is -0.382 e. The Kier molecular flexibility index (Phi) is 2.76. The summed E-state index contributed by atoms with van der Waals surface area (Å²) in [6.45, 7) is 4.59. The Bertz CT molecular complexity index is 306. The average Bonchev–Trinajstić information content (AvgIpc) is 2.18. The second kappa shape index (κ2) is 4.04. The molecule has 1 N–H and O–H groups in total. The first kappa shape index (κ1) is 9.57. The summed E-state index contributed by atoms with van der Waals surface area (Å²) < 4.78 is 0. The van der Waals surface area contributed by atoms with E-state index in [0.717, 1.165) is 0 Å². The standard InChI is InChI=1S/C13H19N/c1-3-6-11-9-10(2)12-7-4-5-8-13(12)14-11/h4-5,7-8,10-11,14H,3,6,9H2,1-2H3/t10-,11+/m0/s1. The lowest BCUT2D eigenvalue weighted by molar-refractivity contribution is 0.524. The third-order valence-corrected chi connectivity index (χ3v) is 3.13. The number of rotatable bonds is 2. The smallest absolute Gasteiger partial charge is 0.0377 e. The normalized spacial score (nSPS) is 25.3. The third-order valence-electron chi connectivity index (χ3n) is 3.13. The Labute approximate surface area is 86.5 Å². The predicted molar refractivity (Wildman–Crippen MR) is 61.8 cm³/mol. The lowest BCUT2D eigenvalue weighted by Crippen LogP contribution is -2.26. The molecule has 14 heavy (non-hydrogen) atoms. The van der Waals surface area contributed by atoms with Gasteiger partial charge in [0.05, 0.1) is 0 Å². The van der Waals surface area contributed by atoms with Gasteiger partial charge in [-0.05, 0) is 30.4 Å². The number of nitrogens with one attached hydrogen (secondary N) is 1. The van der Waals surface area contributed by atoms with Gasteiger partial charge in [-0.25, -0.2) is 0 Å². The summed E-state index contributed by atoms with van der Waals surface area (Å²) in [6, 6.07) is 9.39. The van der Waals surface area contributed by atoms with Gasteiger partial charge in [-0.15, -0.1) is 0 Å². The van der Waals surface area contributed by atoms with Crippen molar-refractivity contribution in [1.82, 2.24) is 0 Å². The minimum atomic E-state index is 0.685. The van der Waals surface area contributed by atoms with E-state index in [0.29, 0.717) is 12.0 Å².